The minimum absolute atomic E-state index is 0.165. The standard InChI is InChI=1S/C18H18N8OS/c1-28-11-9-15(17-22-21-16-4-2-3-10-25(16)17)20-18(27)13-5-7-14(8-6-13)26-12-19-23-24-26/h2-8,10,12,15H,9,11H2,1H3,(H,20,27). The van der Waals surface area contributed by atoms with E-state index >= 15 is 0 Å². The van der Waals surface area contributed by atoms with E-state index in [1.54, 1.807) is 36.0 Å². The van der Waals surface area contributed by atoms with Crippen LogP contribution in [0.1, 0.15) is 28.6 Å². The zero-order chi connectivity index (χ0) is 19.3. The predicted octanol–water partition coefficient (Wildman–Crippen LogP) is 1.93. The lowest BCUT2D eigenvalue weighted by molar-refractivity contribution is 0.0934. The van der Waals surface area contributed by atoms with Gasteiger partial charge in [-0.15, -0.1) is 15.3 Å². The van der Waals surface area contributed by atoms with Gasteiger partial charge in [-0.2, -0.15) is 11.8 Å². The van der Waals surface area contributed by atoms with E-state index in [1.165, 1.54) is 11.0 Å². The van der Waals surface area contributed by atoms with Gasteiger partial charge in [0, 0.05) is 11.8 Å². The average Bonchev–Trinajstić information content (AvgIpc) is 3.41. The average molecular weight is 394 g/mol. The van der Waals surface area contributed by atoms with Crippen LogP contribution in [-0.2, 0) is 0 Å². The maximum absolute atomic E-state index is 12.8. The van der Waals surface area contributed by atoms with Crippen molar-refractivity contribution in [2.24, 2.45) is 0 Å². The summed E-state index contributed by atoms with van der Waals surface area (Å²) in [5.74, 6) is 1.45. The maximum Gasteiger partial charge on any atom is 0.251 e. The fraction of sp³-hybridized carbons (Fsp3) is 0.222. The molecule has 10 heteroatoms. The Kier molecular flexibility index (Phi) is 5.29. The molecule has 0 bridgehead atoms. The van der Waals surface area contributed by atoms with Crippen molar-refractivity contribution in [1.82, 2.24) is 40.1 Å². The Morgan fingerprint density at radius 2 is 2.04 bits per heavy atom. The summed E-state index contributed by atoms with van der Waals surface area (Å²) in [6.45, 7) is 0. The Bertz CT molecular complexity index is 1060. The molecule has 0 aliphatic heterocycles. The summed E-state index contributed by atoms with van der Waals surface area (Å²) >= 11 is 1.73. The number of hydrogen-bond acceptors (Lipinski definition) is 7. The number of rotatable bonds is 7. The second kappa shape index (κ2) is 8.17. The van der Waals surface area contributed by atoms with Crippen LogP contribution < -0.4 is 5.32 Å². The molecule has 0 saturated heterocycles. The van der Waals surface area contributed by atoms with Gasteiger partial charge in [-0.1, -0.05) is 6.07 Å². The molecule has 1 N–H and O–H groups in total. The fourth-order valence-corrected chi connectivity index (χ4v) is 3.36. The lowest BCUT2D eigenvalue weighted by Gasteiger charge is -2.17. The molecule has 4 rings (SSSR count). The molecule has 1 unspecified atom stereocenters. The third-order valence-electron chi connectivity index (χ3n) is 4.31. The molecule has 142 valence electrons. The molecule has 3 heterocycles. The van der Waals surface area contributed by atoms with Gasteiger partial charge in [0.15, 0.2) is 11.5 Å². The number of benzene rings is 1. The smallest absolute Gasteiger partial charge is 0.251 e. The Hall–Kier alpha value is -3.27. The second-order valence-electron chi connectivity index (χ2n) is 6.10. The summed E-state index contributed by atoms with van der Waals surface area (Å²) in [6, 6.07) is 12.6. The van der Waals surface area contributed by atoms with Crippen LogP contribution >= 0.6 is 11.8 Å². The maximum atomic E-state index is 12.8. The molecule has 0 aliphatic carbocycles. The number of hydrogen-bond donors (Lipinski definition) is 1. The van der Waals surface area contributed by atoms with Crippen LogP contribution in [0, 0.1) is 0 Å². The number of aromatic nitrogens is 7. The Morgan fingerprint density at radius 1 is 1.18 bits per heavy atom. The molecule has 0 fully saturated rings. The lowest BCUT2D eigenvalue weighted by Crippen LogP contribution is -2.30. The number of carbonyl (C=O) groups is 1. The van der Waals surface area contributed by atoms with Gasteiger partial charge < -0.3 is 5.32 Å². The fourth-order valence-electron chi connectivity index (χ4n) is 2.89. The van der Waals surface area contributed by atoms with Crippen molar-refractivity contribution in [3.05, 3.63) is 66.4 Å². The van der Waals surface area contributed by atoms with Gasteiger partial charge in [0.1, 0.15) is 6.33 Å². The SMILES string of the molecule is CSCCC(NC(=O)c1ccc(-n2cnnn2)cc1)c1nnc2ccccn12. The summed E-state index contributed by atoms with van der Waals surface area (Å²) < 4.78 is 3.44. The lowest BCUT2D eigenvalue weighted by atomic mass is 10.1. The Labute approximate surface area is 165 Å². The molecule has 28 heavy (non-hydrogen) atoms. The van der Waals surface area contributed by atoms with Crippen LogP contribution in [-0.4, -0.2) is 52.7 Å². The zero-order valence-electron chi connectivity index (χ0n) is 15.1. The molecular formula is C18H18N8OS. The highest BCUT2D eigenvalue weighted by molar-refractivity contribution is 7.98. The summed E-state index contributed by atoms with van der Waals surface area (Å²) in [4.78, 5) is 12.8. The number of carbonyl (C=O) groups excluding carboxylic acids is 1. The van der Waals surface area contributed by atoms with Crippen LogP contribution in [0.3, 0.4) is 0 Å². The number of nitrogens with one attached hydrogen (secondary N) is 1. The van der Waals surface area contributed by atoms with Crippen LogP contribution in [0.15, 0.2) is 55.0 Å². The molecular weight excluding hydrogens is 376 g/mol. The molecule has 1 amide bonds. The van der Waals surface area contributed by atoms with Gasteiger partial charge >= 0.3 is 0 Å². The van der Waals surface area contributed by atoms with E-state index < -0.39 is 0 Å². The highest BCUT2D eigenvalue weighted by Crippen LogP contribution is 2.19. The molecule has 1 atom stereocenters. The van der Waals surface area contributed by atoms with Gasteiger partial charge in [0.2, 0.25) is 0 Å². The van der Waals surface area contributed by atoms with E-state index in [0.717, 1.165) is 29.3 Å². The number of thioether (sulfide) groups is 1. The highest BCUT2D eigenvalue weighted by Gasteiger charge is 2.21. The monoisotopic (exact) mass is 394 g/mol. The first-order valence-electron chi connectivity index (χ1n) is 8.69. The first-order chi connectivity index (χ1) is 13.8. The molecule has 3 aromatic heterocycles. The van der Waals surface area contributed by atoms with Crippen molar-refractivity contribution >= 4 is 23.3 Å². The number of fused-ring (bicyclic) bond motifs is 1. The quantitative estimate of drug-likeness (QED) is 0.511. The predicted molar refractivity (Wildman–Crippen MR) is 105 cm³/mol. The van der Waals surface area contributed by atoms with Crippen molar-refractivity contribution < 1.29 is 4.79 Å². The zero-order valence-corrected chi connectivity index (χ0v) is 16.0. The van der Waals surface area contributed by atoms with E-state index in [1.807, 2.05) is 35.1 Å². The van der Waals surface area contributed by atoms with Crippen molar-refractivity contribution in [3.63, 3.8) is 0 Å². The molecule has 9 nitrogen and oxygen atoms in total. The van der Waals surface area contributed by atoms with Crippen LogP contribution in [0.4, 0.5) is 0 Å². The minimum Gasteiger partial charge on any atom is -0.342 e. The number of tetrazole rings is 1. The van der Waals surface area contributed by atoms with Crippen molar-refractivity contribution in [1.29, 1.82) is 0 Å². The van der Waals surface area contributed by atoms with Crippen molar-refractivity contribution in [2.45, 2.75) is 12.5 Å². The second-order valence-corrected chi connectivity index (χ2v) is 7.08. The molecule has 1 aromatic carbocycles. The molecule has 0 spiro atoms. The van der Waals surface area contributed by atoms with Crippen LogP contribution in [0.2, 0.25) is 0 Å². The molecule has 0 radical (unpaired) electrons. The summed E-state index contributed by atoms with van der Waals surface area (Å²) in [6.07, 6.45) is 6.21. The van der Waals surface area contributed by atoms with E-state index in [0.29, 0.717) is 5.56 Å². The van der Waals surface area contributed by atoms with E-state index in [-0.39, 0.29) is 11.9 Å². The van der Waals surface area contributed by atoms with Gasteiger partial charge in [0.25, 0.3) is 5.91 Å². The third kappa shape index (κ3) is 3.72. The minimum atomic E-state index is -0.239. The highest BCUT2D eigenvalue weighted by atomic mass is 32.2. The first kappa shape index (κ1) is 18.1. The van der Waals surface area contributed by atoms with Gasteiger partial charge in [-0.05, 0) is 65.3 Å². The summed E-state index contributed by atoms with van der Waals surface area (Å²) in [5, 5.41) is 22.7. The number of amides is 1. The van der Waals surface area contributed by atoms with Crippen LogP contribution in [0.25, 0.3) is 11.3 Å². The molecule has 0 aliphatic rings. The third-order valence-corrected chi connectivity index (χ3v) is 4.95. The number of pyridine rings is 1. The first-order valence-corrected chi connectivity index (χ1v) is 10.1. The largest absolute Gasteiger partial charge is 0.342 e. The normalized spacial score (nSPS) is 12.2. The molecule has 0 saturated carbocycles. The molecule has 4 aromatic rings. The van der Waals surface area contributed by atoms with Gasteiger partial charge in [0.05, 0.1) is 11.7 Å². The van der Waals surface area contributed by atoms with Crippen LogP contribution in [0.5, 0.6) is 0 Å². The van der Waals surface area contributed by atoms with E-state index in [2.05, 4.69) is 31.0 Å². The summed E-state index contributed by atoms with van der Waals surface area (Å²) in [5.41, 5.74) is 2.09. The van der Waals surface area contributed by atoms with E-state index in [9.17, 15) is 4.79 Å². The topological polar surface area (TPSA) is 103 Å². The van der Waals surface area contributed by atoms with Crippen molar-refractivity contribution in [2.75, 3.05) is 12.0 Å². The summed E-state index contributed by atoms with van der Waals surface area (Å²) in [7, 11) is 0. The van der Waals surface area contributed by atoms with Crippen molar-refractivity contribution in [3.8, 4) is 5.69 Å². The van der Waals surface area contributed by atoms with Gasteiger partial charge in [-0.3, -0.25) is 9.20 Å². The van der Waals surface area contributed by atoms with Gasteiger partial charge in [-0.25, -0.2) is 4.68 Å². The Balaban J connectivity index is 1.55. The Morgan fingerprint density at radius 3 is 2.79 bits per heavy atom. The van der Waals surface area contributed by atoms with E-state index in [4.69, 9.17) is 0 Å². The number of nitrogens with zero attached hydrogens (tertiary/aromatic N) is 7.